The lowest BCUT2D eigenvalue weighted by Gasteiger charge is -2.12. The third-order valence-electron chi connectivity index (χ3n) is 3.87. The maximum atomic E-state index is 6.08. The van der Waals surface area contributed by atoms with E-state index in [9.17, 15) is 0 Å². The number of nitrogens with zero attached hydrogens (tertiary/aromatic N) is 1. The zero-order chi connectivity index (χ0) is 16.9. The lowest BCUT2D eigenvalue weighted by Crippen LogP contribution is -2.01. The molecule has 2 aromatic carbocycles. The molecule has 0 saturated heterocycles. The van der Waals surface area contributed by atoms with E-state index in [4.69, 9.17) is 21.1 Å². The summed E-state index contributed by atoms with van der Waals surface area (Å²) in [6, 6.07) is 15.7. The third kappa shape index (κ3) is 3.80. The van der Waals surface area contributed by atoms with Crippen molar-refractivity contribution in [3.05, 3.63) is 64.7 Å². The molecular weight excluding hydrogens is 322 g/mol. The number of methoxy groups -OCH3 is 1. The summed E-state index contributed by atoms with van der Waals surface area (Å²) in [6.45, 7) is 2.63. The second-order valence-corrected chi connectivity index (χ2v) is 6.11. The lowest BCUT2D eigenvalue weighted by atomic mass is 10.1. The Balaban J connectivity index is 1.85. The smallest absolute Gasteiger partial charge is 0.217 e. The number of pyridine rings is 1. The van der Waals surface area contributed by atoms with Gasteiger partial charge in [-0.05, 0) is 48.4 Å². The predicted molar refractivity (Wildman–Crippen MR) is 98.1 cm³/mol. The Morgan fingerprint density at radius 3 is 2.54 bits per heavy atom. The van der Waals surface area contributed by atoms with Crippen LogP contribution in [0.2, 0.25) is 5.02 Å². The molecule has 1 aromatic heterocycles. The van der Waals surface area contributed by atoms with E-state index >= 15 is 0 Å². The fraction of sp³-hybridized carbons (Fsp3) is 0.250. The van der Waals surface area contributed by atoms with Crippen molar-refractivity contribution < 1.29 is 9.47 Å². The van der Waals surface area contributed by atoms with Crippen molar-refractivity contribution in [1.29, 1.82) is 0 Å². The summed E-state index contributed by atoms with van der Waals surface area (Å²) in [7, 11) is 1.66. The molecule has 0 saturated carbocycles. The summed E-state index contributed by atoms with van der Waals surface area (Å²) in [5.74, 6) is 1.54. The lowest BCUT2D eigenvalue weighted by molar-refractivity contribution is 0.291. The highest BCUT2D eigenvalue weighted by atomic mass is 35.5. The molecule has 0 unspecified atom stereocenters. The molecule has 0 aliphatic carbocycles. The molecule has 0 spiro atoms. The van der Waals surface area contributed by atoms with Gasteiger partial charge in [-0.2, -0.15) is 0 Å². The zero-order valence-electron chi connectivity index (χ0n) is 13.9. The van der Waals surface area contributed by atoms with Crippen LogP contribution >= 0.6 is 11.6 Å². The quantitative estimate of drug-likeness (QED) is 0.599. The van der Waals surface area contributed by atoms with Crippen LogP contribution in [-0.2, 0) is 13.0 Å². The van der Waals surface area contributed by atoms with Gasteiger partial charge >= 0.3 is 0 Å². The van der Waals surface area contributed by atoms with Crippen molar-refractivity contribution in [3.63, 3.8) is 0 Å². The molecule has 0 aliphatic heterocycles. The molecule has 0 bridgehead atoms. The van der Waals surface area contributed by atoms with E-state index in [0.29, 0.717) is 12.5 Å². The van der Waals surface area contributed by atoms with Crippen molar-refractivity contribution in [2.45, 2.75) is 26.4 Å². The van der Waals surface area contributed by atoms with E-state index in [-0.39, 0.29) is 0 Å². The molecule has 3 aromatic rings. The van der Waals surface area contributed by atoms with Crippen LogP contribution < -0.4 is 9.47 Å². The highest BCUT2D eigenvalue weighted by Gasteiger charge is 2.09. The Kier molecular flexibility index (Phi) is 5.21. The first-order chi connectivity index (χ1) is 11.7. The van der Waals surface area contributed by atoms with Gasteiger partial charge in [0.2, 0.25) is 5.88 Å². The SMILES string of the molecule is CCCc1cc2cc(Cl)ccc2nc1OCc1ccc(OC)cc1. The van der Waals surface area contributed by atoms with Gasteiger partial charge in [0.05, 0.1) is 12.6 Å². The van der Waals surface area contributed by atoms with Crippen LogP contribution in [0.3, 0.4) is 0 Å². The van der Waals surface area contributed by atoms with E-state index in [1.54, 1.807) is 7.11 Å². The largest absolute Gasteiger partial charge is 0.497 e. The van der Waals surface area contributed by atoms with Gasteiger partial charge in [0, 0.05) is 16.0 Å². The molecular formula is C20H20ClNO2. The first-order valence-corrected chi connectivity index (χ1v) is 8.42. The van der Waals surface area contributed by atoms with Crippen LogP contribution in [0.15, 0.2) is 48.5 Å². The number of aryl methyl sites for hydroxylation is 1. The monoisotopic (exact) mass is 341 g/mol. The topological polar surface area (TPSA) is 31.4 Å². The Labute approximate surface area is 147 Å². The average molecular weight is 342 g/mol. The Morgan fingerprint density at radius 1 is 1.04 bits per heavy atom. The van der Waals surface area contributed by atoms with E-state index in [1.165, 1.54) is 0 Å². The number of fused-ring (bicyclic) bond motifs is 1. The van der Waals surface area contributed by atoms with Gasteiger partial charge in [0.15, 0.2) is 0 Å². The molecule has 4 heteroatoms. The number of aromatic nitrogens is 1. The Morgan fingerprint density at radius 2 is 1.83 bits per heavy atom. The number of hydrogen-bond acceptors (Lipinski definition) is 3. The first-order valence-electron chi connectivity index (χ1n) is 8.04. The standard InChI is InChI=1S/C20H20ClNO2/c1-3-4-15-11-16-12-17(21)7-10-19(16)22-20(15)24-13-14-5-8-18(23-2)9-6-14/h5-12H,3-4,13H2,1-2H3. The highest BCUT2D eigenvalue weighted by Crippen LogP contribution is 2.26. The maximum absolute atomic E-state index is 6.08. The van der Waals surface area contributed by atoms with Crippen molar-refractivity contribution in [1.82, 2.24) is 4.98 Å². The molecule has 24 heavy (non-hydrogen) atoms. The van der Waals surface area contributed by atoms with Gasteiger partial charge in [-0.25, -0.2) is 4.98 Å². The van der Waals surface area contributed by atoms with Gasteiger partial charge < -0.3 is 9.47 Å². The van der Waals surface area contributed by atoms with E-state index in [1.807, 2.05) is 42.5 Å². The van der Waals surface area contributed by atoms with Crippen LogP contribution in [0.25, 0.3) is 10.9 Å². The molecule has 0 N–H and O–H groups in total. The summed E-state index contributed by atoms with van der Waals surface area (Å²) in [6.07, 6.45) is 1.96. The minimum Gasteiger partial charge on any atom is -0.497 e. The van der Waals surface area contributed by atoms with E-state index in [0.717, 1.165) is 45.6 Å². The second-order valence-electron chi connectivity index (χ2n) is 5.68. The Hall–Kier alpha value is -2.26. The molecule has 124 valence electrons. The van der Waals surface area contributed by atoms with Gasteiger partial charge in [-0.15, -0.1) is 0 Å². The van der Waals surface area contributed by atoms with Crippen molar-refractivity contribution in [2.75, 3.05) is 7.11 Å². The number of rotatable bonds is 6. The second kappa shape index (κ2) is 7.54. The molecule has 3 rings (SSSR count). The molecule has 0 aliphatic rings. The summed E-state index contributed by atoms with van der Waals surface area (Å²) < 4.78 is 11.2. The van der Waals surface area contributed by atoms with Crippen LogP contribution in [0.4, 0.5) is 0 Å². The summed E-state index contributed by atoms with van der Waals surface area (Å²) in [5.41, 5.74) is 3.08. The average Bonchev–Trinajstić information content (AvgIpc) is 2.60. The molecule has 0 radical (unpaired) electrons. The van der Waals surface area contributed by atoms with Crippen LogP contribution in [-0.4, -0.2) is 12.1 Å². The molecule has 0 fully saturated rings. The fourth-order valence-corrected chi connectivity index (χ4v) is 2.80. The normalized spacial score (nSPS) is 10.8. The van der Waals surface area contributed by atoms with Crippen LogP contribution in [0, 0.1) is 0 Å². The van der Waals surface area contributed by atoms with E-state index in [2.05, 4.69) is 18.0 Å². The first kappa shape index (κ1) is 16.6. The van der Waals surface area contributed by atoms with Crippen molar-refractivity contribution in [3.8, 4) is 11.6 Å². The van der Waals surface area contributed by atoms with Gasteiger partial charge in [0.25, 0.3) is 0 Å². The molecule has 0 atom stereocenters. The number of benzene rings is 2. The number of hydrogen-bond donors (Lipinski definition) is 0. The summed E-state index contributed by atoms with van der Waals surface area (Å²) in [5, 5.41) is 1.77. The van der Waals surface area contributed by atoms with Crippen molar-refractivity contribution in [2.24, 2.45) is 0 Å². The molecule has 0 amide bonds. The number of halogens is 1. The Bertz CT molecular complexity index is 831. The highest BCUT2D eigenvalue weighted by molar-refractivity contribution is 6.31. The van der Waals surface area contributed by atoms with Gasteiger partial charge in [-0.1, -0.05) is 37.1 Å². The van der Waals surface area contributed by atoms with Gasteiger partial charge in [-0.3, -0.25) is 0 Å². The van der Waals surface area contributed by atoms with Crippen molar-refractivity contribution >= 4 is 22.5 Å². The third-order valence-corrected chi connectivity index (χ3v) is 4.11. The maximum Gasteiger partial charge on any atom is 0.217 e. The molecule has 3 nitrogen and oxygen atoms in total. The summed E-state index contributed by atoms with van der Waals surface area (Å²) >= 11 is 6.08. The number of ether oxygens (including phenoxy) is 2. The fourth-order valence-electron chi connectivity index (χ4n) is 2.62. The van der Waals surface area contributed by atoms with Crippen LogP contribution in [0.5, 0.6) is 11.6 Å². The van der Waals surface area contributed by atoms with E-state index < -0.39 is 0 Å². The minimum atomic E-state index is 0.479. The molecule has 1 heterocycles. The van der Waals surface area contributed by atoms with Crippen LogP contribution in [0.1, 0.15) is 24.5 Å². The summed E-state index contributed by atoms with van der Waals surface area (Å²) in [4.78, 5) is 4.68. The predicted octanol–water partition coefficient (Wildman–Crippen LogP) is 5.43. The zero-order valence-corrected chi connectivity index (χ0v) is 14.6. The minimum absolute atomic E-state index is 0.479. The van der Waals surface area contributed by atoms with Gasteiger partial charge in [0.1, 0.15) is 12.4 Å².